The molecular formula is C13H19BrN2O. The number of para-hydroxylation sites is 1. The van der Waals surface area contributed by atoms with Crippen molar-refractivity contribution in [1.82, 2.24) is 5.32 Å². The first-order valence-corrected chi connectivity index (χ1v) is 6.82. The third-order valence-corrected chi connectivity index (χ3v) is 3.22. The van der Waals surface area contributed by atoms with E-state index in [0.717, 1.165) is 28.6 Å². The number of alkyl halides is 1. The summed E-state index contributed by atoms with van der Waals surface area (Å²) in [5.41, 5.74) is 3.38. The van der Waals surface area contributed by atoms with Crippen LogP contribution >= 0.6 is 15.9 Å². The Morgan fingerprint density at radius 3 is 2.41 bits per heavy atom. The van der Waals surface area contributed by atoms with E-state index in [1.165, 1.54) is 0 Å². The van der Waals surface area contributed by atoms with Crippen molar-refractivity contribution >= 4 is 27.5 Å². The summed E-state index contributed by atoms with van der Waals surface area (Å²) in [5, 5.41) is 6.81. The molecule has 1 amide bonds. The molecular weight excluding hydrogens is 280 g/mol. The van der Waals surface area contributed by atoms with Crippen LogP contribution in [0.1, 0.15) is 17.5 Å². The van der Waals surface area contributed by atoms with Gasteiger partial charge in [0, 0.05) is 18.1 Å². The SMILES string of the molecule is CNC(=O)C(CCBr)Nc1c(C)cccc1C. The molecule has 2 N–H and O–H groups in total. The summed E-state index contributed by atoms with van der Waals surface area (Å²) in [6, 6.07) is 5.92. The van der Waals surface area contributed by atoms with Crippen LogP contribution in [0.15, 0.2) is 18.2 Å². The summed E-state index contributed by atoms with van der Waals surface area (Å²) in [6.07, 6.45) is 0.757. The van der Waals surface area contributed by atoms with Crippen molar-refractivity contribution in [1.29, 1.82) is 0 Å². The number of hydrogen-bond donors (Lipinski definition) is 2. The maximum atomic E-state index is 11.7. The van der Waals surface area contributed by atoms with Gasteiger partial charge in [0.2, 0.25) is 5.91 Å². The predicted octanol–water partition coefficient (Wildman–Crippen LogP) is 2.61. The Kier molecular flexibility index (Phi) is 5.48. The third-order valence-electron chi connectivity index (χ3n) is 2.76. The van der Waals surface area contributed by atoms with Gasteiger partial charge in [0.05, 0.1) is 0 Å². The Balaban J connectivity index is 2.89. The fourth-order valence-electron chi connectivity index (χ4n) is 1.77. The molecule has 0 aliphatic carbocycles. The smallest absolute Gasteiger partial charge is 0.242 e. The number of rotatable bonds is 5. The maximum Gasteiger partial charge on any atom is 0.242 e. The monoisotopic (exact) mass is 298 g/mol. The Hall–Kier alpha value is -1.03. The lowest BCUT2D eigenvalue weighted by Gasteiger charge is -2.20. The van der Waals surface area contributed by atoms with Gasteiger partial charge in [-0.1, -0.05) is 34.1 Å². The first-order chi connectivity index (χ1) is 8.10. The van der Waals surface area contributed by atoms with Gasteiger partial charge in [-0.2, -0.15) is 0 Å². The van der Waals surface area contributed by atoms with Crippen molar-refractivity contribution in [3.05, 3.63) is 29.3 Å². The summed E-state index contributed by atoms with van der Waals surface area (Å²) in [7, 11) is 1.66. The average molecular weight is 299 g/mol. The highest BCUT2D eigenvalue weighted by Gasteiger charge is 2.17. The van der Waals surface area contributed by atoms with Crippen molar-refractivity contribution < 1.29 is 4.79 Å². The second-order valence-corrected chi connectivity index (χ2v) is 4.85. The van der Waals surface area contributed by atoms with Crippen LogP contribution in [0.5, 0.6) is 0 Å². The standard InChI is InChI=1S/C13H19BrN2O/c1-9-5-4-6-10(2)12(9)16-11(7-8-14)13(17)15-3/h4-6,11,16H,7-8H2,1-3H3,(H,15,17). The lowest BCUT2D eigenvalue weighted by atomic mass is 10.1. The highest BCUT2D eigenvalue weighted by atomic mass is 79.9. The normalized spacial score (nSPS) is 12.0. The highest BCUT2D eigenvalue weighted by Crippen LogP contribution is 2.21. The summed E-state index contributed by atoms with van der Waals surface area (Å²) >= 11 is 3.38. The Morgan fingerprint density at radius 1 is 1.35 bits per heavy atom. The number of anilines is 1. The molecule has 1 atom stereocenters. The van der Waals surface area contributed by atoms with E-state index < -0.39 is 0 Å². The zero-order valence-electron chi connectivity index (χ0n) is 10.5. The van der Waals surface area contributed by atoms with E-state index in [-0.39, 0.29) is 11.9 Å². The molecule has 0 aliphatic rings. The lowest BCUT2D eigenvalue weighted by molar-refractivity contribution is -0.121. The number of carbonyl (C=O) groups excluding carboxylic acids is 1. The van der Waals surface area contributed by atoms with Gasteiger partial charge >= 0.3 is 0 Å². The van der Waals surface area contributed by atoms with Crippen LogP contribution in [-0.2, 0) is 4.79 Å². The fourth-order valence-corrected chi connectivity index (χ4v) is 2.23. The molecule has 1 aromatic rings. The number of hydrogen-bond acceptors (Lipinski definition) is 2. The Morgan fingerprint density at radius 2 is 1.94 bits per heavy atom. The van der Waals surface area contributed by atoms with Crippen molar-refractivity contribution in [2.24, 2.45) is 0 Å². The second-order valence-electron chi connectivity index (χ2n) is 4.06. The number of halogens is 1. The van der Waals surface area contributed by atoms with Crippen LogP contribution in [0, 0.1) is 13.8 Å². The molecule has 94 valence electrons. The first-order valence-electron chi connectivity index (χ1n) is 5.70. The molecule has 17 heavy (non-hydrogen) atoms. The predicted molar refractivity (Wildman–Crippen MR) is 75.8 cm³/mol. The molecule has 1 aromatic carbocycles. The van der Waals surface area contributed by atoms with Gasteiger partial charge in [-0.3, -0.25) is 4.79 Å². The van der Waals surface area contributed by atoms with Crippen LogP contribution in [0.25, 0.3) is 0 Å². The van der Waals surface area contributed by atoms with Crippen LogP contribution in [-0.4, -0.2) is 24.3 Å². The van der Waals surface area contributed by atoms with E-state index in [4.69, 9.17) is 0 Å². The van der Waals surface area contributed by atoms with Crippen LogP contribution in [0.4, 0.5) is 5.69 Å². The average Bonchev–Trinajstić information content (AvgIpc) is 2.31. The molecule has 4 heteroatoms. The first kappa shape index (κ1) is 14.0. The molecule has 3 nitrogen and oxygen atoms in total. The molecule has 0 fully saturated rings. The molecule has 0 heterocycles. The largest absolute Gasteiger partial charge is 0.373 e. The van der Waals surface area contributed by atoms with E-state index in [2.05, 4.69) is 26.6 Å². The van der Waals surface area contributed by atoms with Gasteiger partial charge < -0.3 is 10.6 Å². The number of carbonyl (C=O) groups is 1. The molecule has 0 saturated heterocycles. The number of nitrogens with one attached hydrogen (secondary N) is 2. The van der Waals surface area contributed by atoms with Crippen molar-refractivity contribution in [3.8, 4) is 0 Å². The zero-order valence-corrected chi connectivity index (χ0v) is 12.1. The van der Waals surface area contributed by atoms with Crippen molar-refractivity contribution in [2.75, 3.05) is 17.7 Å². The fraction of sp³-hybridized carbons (Fsp3) is 0.462. The highest BCUT2D eigenvalue weighted by molar-refractivity contribution is 9.09. The minimum absolute atomic E-state index is 0.0205. The minimum atomic E-state index is -0.195. The summed E-state index contributed by atoms with van der Waals surface area (Å²) < 4.78 is 0. The number of likely N-dealkylation sites (N-methyl/N-ethyl adjacent to an activating group) is 1. The summed E-state index contributed by atoms with van der Waals surface area (Å²) in [4.78, 5) is 11.7. The number of aryl methyl sites for hydroxylation is 2. The molecule has 0 bridgehead atoms. The zero-order chi connectivity index (χ0) is 12.8. The third kappa shape index (κ3) is 3.73. The summed E-state index contributed by atoms with van der Waals surface area (Å²) in [6.45, 7) is 4.09. The Labute approximate surface area is 111 Å². The van der Waals surface area contributed by atoms with Gasteiger partial charge in [-0.25, -0.2) is 0 Å². The Bertz CT molecular complexity index is 373. The maximum absolute atomic E-state index is 11.7. The van der Waals surface area contributed by atoms with Gasteiger partial charge in [0.1, 0.15) is 6.04 Å². The van der Waals surface area contributed by atoms with Crippen LogP contribution in [0.3, 0.4) is 0 Å². The summed E-state index contributed by atoms with van der Waals surface area (Å²) in [5.74, 6) is 0.0205. The van der Waals surface area contributed by atoms with Crippen LogP contribution < -0.4 is 10.6 Å². The van der Waals surface area contributed by atoms with E-state index in [0.29, 0.717) is 0 Å². The molecule has 0 radical (unpaired) electrons. The number of amides is 1. The molecule has 1 rings (SSSR count). The molecule has 0 spiro atoms. The number of benzene rings is 1. The van der Waals surface area contributed by atoms with E-state index in [1.54, 1.807) is 7.05 Å². The van der Waals surface area contributed by atoms with Gasteiger partial charge in [0.25, 0.3) is 0 Å². The topological polar surface area (TPSA) is 41.1 Å². The van der Waals surface area contributed by atoms with E-state index >= 15 is 0 Å². The van der Waals surface area contributed by atoms with E-state index in [1.807, 2.05) is 32.0 Å². The second kappa shape index (κ2) is 6.64. The quantitative estimate of drug-likeness (QED) is 0.821. The minimum Gasteiger partial charge on any atom is -0.373 e. The van der Waals surface area contributed by atoms with Gasteiger partial charge in [0.15, 0.2) is 0 Å². The molecule has 0 aliphatic heterocycles. The van der Waals surface area contributed by atoms with E-state index in [9.17, 15) is 4.79 Å². The van der Waals surface area contributed by atoms with Gasteiger partial charge in [-0.15, -0.1) is 0 Å². The van der Waals surface area contributed by atoms with Crippen molar-refractivity contribution in [2.45, 2.75) is 26.3 Å². The lowest BCUT2D eigenvalue weighted by Crippen LogP contribution is -2.38. The molecule has 0 aromatic heterocycles. The molecule has 0 saturated carbocycles. The van der Waals surface area contributed by atoms with Gasteiger partial charge in [-0.05, 0) is 31.4 Å². The molecule has 1 unspecified atom stereocenters. The van der Waals surface area contributed by atoms with Crippen molar-refractivity contribution in [3.63, 3.8) is 0 Å². The van der Waals surface area contributed by atoms with Crippen LogP contribution in [0.2, 0.25) is 0 Å².